The number of aliphatic hydroxyl groups excluding tert-OH is 1. The smallest absolute Gasteiger partial charge is 0.314 e. The minimum Gasteiger partial charge on any atom is -0.395 e. The lowest BCUT2D eigenvalue weighted by molar-refractivity contribution is 0.242. The van der Waals surface area contributed by atoms with Crippen LogP contribution in [0.3, 0.4) is 0 Å². The maximum Gasteiger partial charge on any atom is 0.314 e. The summed E-state index contributed by atoms with van der Waals surface area (Å²) in [6, 6.07) is 3.65. The Bertz CT molecular complexity index is 404. The zero-order chi connectivity index (χ0) is 11.8. The predicted octanol–water partition coefficient (Wildman–Crippen LogP) is 0.911. The Kier molecular flexibility index (Phi) is 5.40. The number of rotatable bonds is 3. The molecule has 4 nitrogen and oxygen atoms in total. The molecule has 0 aliphatic carbocycles. The average molecular weight is 238 g/mol. The number of urea groups is 1. The quantitative estimate of drug-likeness (QED) is 0.685. The number of amides is 2. The average Bonchev–Trinajstić information content (AvgIpc) is 2.74. The van der Waals surface area contributed by atoms with Crippen LogP contribution in [-0.2, 0) is 6.54 Å². The van der Waals surface area contributed by atoms with Gasteiger partial charge in [-0.1, -0.05) is 11.8 Å². The molecule has 86 valence electrons. The monoisotopic (exact) mass is 238 g/mol. The summed E-state index contributed by atoms with van der Waals surface area (Å²) >= 11 is 1.54. The van der Waals surface area contributed by atoms with Crippen LogP contribution in [-0.4, -0.2) is 24.8 Å². The second-order valence-corrected chi connectivity index (χ2v) is 4.14. The van der Waals surface area contributed by atoms with Gasteiger partial charge >= 0.3 is 6.03 Å². The number of thiophene rings is 1. The molecule has 2 amide bonds. The van der Waals surface area contributed by atoms with Gasteiger partial charge in [-0.15, -0.1) is 11.3 Å². The van der Waals surface area contributed by atoms with E-state index in [0.717, 1.165) is 9.75 Å². The number of nitrogens with one attached hydrogen (secondary N) is 2. The van der Waals surface area contributed by atoms with Crippen molar-refractivity contribution in [2.45, 2.75) is 13.0 Å². The maximum absolute atomic E-state index is 10.9. The van der Waals surface area contributed by atoms with Gasteiger partial charge < -0.3 is 15.7 Å². The first kappa shape index (κ1) is 12.6. The first-order valence-corrected chi connectivity index (χ1v) is 5.72. The summed E-state index contributed by atoms with van der Waals surface area (Å²) in [5.41, 5.74) is 0. The van der Waals surface area contributed by atoms with E-state index in [2.05, 4.69) is 22.5 Å². The van der Waals surface area contributed by atoms with E-state index in [1.54, 1.807) is 7.05 Å². The lowest BCUT2D eigenvalue weighted by atomic mass is 10.4. The van der Waals surface area contributed by atoms with Crippen molar-refractivity contribution in [3.63, 3.8) is 0 Å². The zero-order valence-electron chi connectivity index (χ0n) is 9.04. The van der Waals surface area contributed by atoms with Crippen molar-refractivity contribution in [1.29, 1.82) is 0 Å². The molecule has 0 aliphatic rings. The molecular formula is C11H14N2O2S. The molecule has 0 aliphatic heterocycles. The Hall–Kier alpha value is -1.51. The van der Waals surface area contributed by atoms with Crippen molar-refractivity contribution in [1.82, 2.24) is 10.6 Å². The fourth-order valence-electron chi connectivity index (χ4n) is 1.00. The van der Waals surface area contributed by atoms with Crippen LogP contribution in [0.5, 0.6) is 0 Å². The summed E-state index contributed by atoms with van der Waals surface area (Å²) in [5, 5.41) is 13.8. The van der Waals surface area contributed by atoms with Gasteiger partial charge in [-0.25, -0.2) is 4.79 Å². The summed E-state index contributed by atoms with van der Waals surface area (Å²) in [6.07, 6.45) is 0.490. The number of carbonyl (C=O) groups excluding carboxylic acids is 1. The molecule has 1 aromatic heterocycles. The van der Waals surface area contributed by atoms with Crippen LogP contribution < -0.4 is 10.6 Å². The summed E-state index contributed by atoms with van der Waals surface area (Å²) in [6.45, 7) is 0.593. The highest BCUT2D eigenvalue weighted by atomic mass is 32.1. The number of carbonyl (C=O) groups is 1. The van der Waals surface area contributed by atoms with Gasteiger partial charge in [0, 0.05) is 18.3 Å². The van der Waals surface area contributed by atoms with E-state index in [-0.39, 0.29) is 12.6 Å². The van der Waals surface area contributed by atoms with Crippen molar-refractivity contribution in [2.24, 2.45) is 0 Å². The van der Waals surface area contributed by atoms with Crippen LogP contribution in [0.25, 0.3) is 0 Å². The highest BCUT2D eigenvalue weighted by molar-refractivity contribution is 7.12. The molecule has 0 saturated carbocycles. The molecule has 1 rings (SSSR count). The van der Waals surface area contributed by atoms with Gasteiger partial charge in [0.2, 0.25) is 0 Å². The van der Waals surface area contributed by atoms with Gasteiger partial charge in [-0.2, -0.15) is 0 Å². The molecule has 16 heavy (non-hydrogen) atoms. The summed E-state index contributed by atoms with van der Waals surface area (Å²) in [5.74, 6) is 5.80. The molecule has 0 bridgehead atoms. The SMILES string of the molecule is CNC(=O)NCc1ccc(C#CCCO)s1. The molecular weight excluding hydrogens is 224 g/mol. The van der Waals surface area contributed by atoms with Gasteiger partial charge in [0.15, 0.2) is 0 Å². The first-order chi connectivity index (χ1) is 7.76. The van der Waals surface area contributed by atoms with Crippen LogP contribution in [0.1, 0.15) is 16.2 Å². The van der Waals surface area contributed by atoms with Gasteiger partial charge in [0.25, 0.3) is 0 Å². The highest BCUT2D eigenvalue weighted by Crippen LogP contribution is 2.14. The largest absolute Gasteiger partial charge is 0.395 e. The second kappa shape index (κ2) is 6.88. The Morgan fingerprint density at radius 2 is 2.38 bits per heavy atom. The molecule has 1 heterocycles. The second-order valence-electron chi connectivity index (χ2n) is 2.97. The van der Waals surface area contributed by atoms with Crippen LogP contribution in [0.15, 0.2) is 12.1 Å². The molecule has 0 fully saturated rings. The predicted molar refractivity (Wildman–Crippen MR) is 64.2 cm³/mol. The van der Waals surface area contributed by atoms with E-state index in [4.69, 9.17) is 5.11 Å². The van der Waals surface area contributed by atoms with Gasteiger partial charge in [-0.3, -0.25) is 0 Å². The van der Waals surface area contributed by atoms with Crippen molar-refractivity contribution >= 4 is 17.4 Å². The third kappa shape index (κ3) is 4.34. The van der Waals surface area contributed by atoms with Crippen molar-refractivity contribution in [2.75, 3.05) is 13.7 Å². The molecule has 0 aromatic carbocycles. The first-order valence-electron chi connectivity index (χ1n) is 4.90. The normalized spacial score (nSPS) is 9.12. The third-order valence-corrected chi connectivity index (χ3v) is 2.76. The van der Waals surface area contributed by atoms with Crippen molar-refractivity contribution in [3.05, 3.63) is 21.9 Å². The molecule has 0 atom stereocenters. The fourth-order valence-corrected chi connectivity index (χ4v) is 1.82. The van der Waals surface area contributed by atoms with Gasteiger partial charge in [-0.05, 0) is 12.1 Å². The van der Waals surface area contributed by atoms with Crippen LogP contribution in [0.2, 0.25) is 0 Å². The van der Waals surface area contributed by atoms with Gasteiger partial charge in [0.1, 0.15) is 0 Å². The van der Waals surface area contributed by atoms with E-state index in [1.807, 2.05) is 12.1 Å². The topological polar surface area (TPSA) is 61.4 Å². The lowest BCUT2D eigenvalue weighted by Crippen LogP contribution is -2.31. The Morgan fingerprint density at radius 1 is 1.56 bits per heavy atom. The minimum atomic E-state index is -0.193. The standard InChI is InChI=1S/C11H14N2O2S/c1-12-11(15)13-8-10-6-5-9(16-10)4-2-3-7-14/h5-6,14H,3,7-8H2,1H3,(H2,12,13,15). The van der Waals surface area contributed by atoms with E-state index in [9.17, 15) is 4.79 Å². The lowest BCUT2D eigenvalue weighted by Gasteiger charge is -2.00. The number of aliphatic hydroxyl groups is 1. The van der Waals surface area contributed by atoms with Crippen molar-refractivity contribution in [3.8, 4) is 11.8 Å². The van der Waals surface area contributed by atoms with E-state index in [0.29, 0.717) is 13.0 Å². The van der Waals surface area contributed by atoms with E-state index < -0.39 is 0 Å². The molecule has 0 spiro atoms. The Balaban J connectivity index is 2.46. The molecule has 5 heteroatoms. The summed E-state index contributed by atoms with van der Waals surface area (Å²) < 4.78 is 0. The highest BCUT2D eigenvalue weighted by Gasteiger charge is 1.99. The van der Waals surface area contributed by atoms with Crippen LogP contribution >= 0.6 is 11.3 Å². The minimum absolute atomic E-state index is 0.0868. The molecule has 3 N–H and O–H groups in total. The maximum atomic E-state index is 10.9. The Morgan fingerprint density at radius 3 is 3.06 bits per heavy atom. The molecule has 0 saturated heterocycles. The van der Waals surface area contributed by atoms with E-state index >= 15 is 0 Å². The van der Waals surface area contributed by atoms with Gasteiger partial charge in [0.05, 0.1) is 18.0 Å². The fraction of sp³-hybridized carbons (Fsp3) is 0.364. The third-order valence-electron chi connectivity index (χ3n) is 1.76. The van der Waals surface area contributed by atoms with E-state index in [1.165, 1.54) is 11.3 Å². The number of hydrogen-bond donors (Lipinski definition) is 3. The molecule has 0 unspecified atom stereocenters. The Labute approximate surface area is 98.7 Å². The van der Waals surface area contributed by atoms with Crippen LogP contribution in [0, 0.1) is 11.8 Å². The summed E-state index contributed by atoms with van der Waals surface area (Å²) in [4.78, 5) is 12.9. The molecule has 0 radical (unpaired) electrons. The zero-order valence-corrected chi connectivity index (χ0v) is 9.86. The van der Waals surface area contributed by atoms with Crippen LogP contribution in [0.4, 0.5) is 4.79 Å². The number of hydrogen-bond acceptors (Lipinski definition) is 3. The summed E-state index contributed by atoms with van der Waals surface area (Å²) in [7, 11) is 1.58. The molecule has 1 aromatic rings. The van der Waals surface area contributed by atoms with Crippen molar-refractivity contribution < 1.29 is 9.90 Å².